The van der Waals surface area contributed by atoms with Crippen LogP contribution < -0.4 is 10.1 Å². The van der Waals surface area contributed by atoms with E-state index in [9.17, 15) is 0 Å². The van der Waals surface area contributed by atoms with Crippen LogP contribution in [0.25, 0.3) is 0 Å². The van der Waals surface area contributed by atoms with Gasteiger partial charge < -0.3 is 10.1 Å². The Kier molecular flexibility index (Phi) is 4.92. The molecular weight excluding hydrogens is 210 g/mol. The summed E-state index contributed by atoms with van der Waals surface area (Å²) in [5.74, 6) is 0.756. The Hall–Kier alpha value is -0.730. The Morgan fingerprint density at radius 3 is 2.67 bits per heavy atom. The molecule has 0 aromatic heterocycles. The maximum absolute atomic E-state index is 6.10. The number of hydrogen-bond donors (Lipinski definition) is 1. The summed E-state index contributed by atoms with van der Waals surface area (Å²) in [7, 11) is 0. The zero-order valence-electron chi connectivity index (χ0n) is 9.51. The topological polar surface area (TPSA) is 21.3 Å². The molecule has 0 spiro atoms. The third-order valence-corrected chi connectivity index (χ3v) is 2.23. The van der Waals surface area contributed by atoms with Gasteiger partial charge in [0.15, 0.2) is 0 Å². The molecule has 0 heterocycles. The van der Waals surface area contributed by atoms with Gasteiger partial charge in [0.2, 0.25) is 0 Å². The predicted octanol–water partition coefficient (Wildman–Crippen LogP) is 3.24. The maximum atomic E-state index is 6.10. The van der Waals surface area contributed by atoms with Crippen LogP contribution in [-0.2, 0) is 6.54 Å². The highest BCUT2D eigenvalue weighted by Gasteiger charge is 2.04. The lowest BCUT2D eigenvalue weighted by atomic mass is 10.2. The Balaban J connectivity index is 2.70. The summed E-state index contributed by atoms with van der Waals surface area (Å²) >= 11 is 6.10. The lowest BCUT2D eigenvalue weighted by Gasteiger charge is -2.12. The highest BCUT2D eigenvalue weighted by atomic mass is 35.5. The van der Waals surface area contributed by atoms with Crippen LogP contribution >= 0.6 is 11.6 Å². The van der Waals surface area contributed by atoms with E-state index in [0.29, 0.717) is 5.02 Å². The minimum Gasteiger partial charge on any atom is -0.489 e. The summed E-state index contributed by atoms with van der Waals surface area (Å²) in [6.07, 6.45) is 0.155. The van der Waals surface area contributed by atoms with Crippen molar-refractivity contribution in [3.63, 3.8) is 0 Å². The molecule has 0 bridgehead atoms. The van der Waals surface area contributed by atoms with E-state index in [1.54, 1.807) is 0 Å². The van der Waals surface area contributed by atoms with Gasteiger partial charge in [-0.2, -0.15) is 0 Å². The molecule has 2 nitrogen and oxygen atoms in total. The average molecular weight is 228 g/mol. The first-order valence-electron chi connectivity index (χ1n) is 5.29. The molecule has 84 valence electrons. The predicted molar refractivity (Wildman–Crippen MR) is 64.6 cm³/mol. The van der Waals surface area contributed by atoms with E-state index in [2.05, 4.69) is 12.2 Å². The van der Waals surface area contributed by atoms with Gasteiger partial charge in [-0.15, -0.1) is 0 Å². The van der Waals surface area contributed by atoms with E-state index in [0.717, 1.165) is 18.8 Å². The second-order valence-corrected chi connectivity index (χ2v) is 4.12. The first-order chi connectivity index (χ1) is 7.13. The molecule has 15 heavy (non-hydrogen) atoms. The van der Waals surface area contributed by atoms with Crippen molar-refractivity contribution in [1.29, 1.82) is 0 Å². The second kappa shape index (κ2) is 5.99. The molecule has 0 amide bonds. The molecule has 0 aliphatic heterocycles. The lowest BCUT2D eigenvalue weighted by molar-refractivity contribution is 0.242. The van der Waals surface area contributed by atoms with Gasteiger partial charge in [0.05, 0.1) is 11.1 Å². The van der Waals surface area contributed by atoms with Gasteiger partial charge in [-0.05, 0) is 38.1 Å². The van der Waals surface area contributed by atoms with Crippen molar-refractivity contribution in [1.82, 2.24) is 5.32 Å². The van der Waals surface area contributed by atoms with Crippen molar-refractivity contribution in [2.75, 3.05) is 6.54 Å². The van der Waals surface area contributed by atoms with Gasteiger partial charge in [0.25, 0.3) is 0 Å². The zero-order valence-corrected chi connectivity index (χ0v) is 10.3. The average Bonchev–Trinajstić information content (AvgIpc) is 2.18. The molecule has 0 aliphatic carbocycles. The highest BCUT2D eigenvalue weighted by Crippen LogP contribution is 2.26. The van der Waals surface area contributed by atoms with Crippen molar-refractivity contribution >= 4 is 11.6 Å². The van der Waals surface area contributed by atoms with Gasteiger partial charge in [-0.3, -0.25) is 0 Å². The monoisotopic (exact) mass is 227 g/mol. The number of ether oxygens (including phenoxy) is 1. The minimum atomic E-state index is 0.155. The number of halogens is 1. The SMILES string of the molecule is CCNCc1ccc(OC(C)C)c(Cl)c1. The fourth-order valence-corrected chi connectivity index (χ4v) is 1.52. The van der Waals surface area contributed by atoms with Crippen molar-refractivity contribution in [2.45, 2.75) is 33.4 Å². The normalized spacial score (nSPS) is 10.7. The summed E-state index contributed by atoms with van der Waals surface area (Å²) in [6.45, 7) is 7.86. The van der Waals surface area contributed by atoms with E-state index >= 15 is 0 Å². The molecular formula is C12H18ClNO. The molecule has 1 rings (SSSR count). The Labute approximate surface area is 96.6 Å². The molecule has 0 radical (unpaired) electrons. The van der Waals surface area contributed by atoms with E-state index in [1.165, 1.54) is 5.56 Å². The zero-order chi connectivity index (χ0) is 11.3. The van der Waals surface area contributed by atoms with Crippen LogP contribution in [0.3, 0.4) is 0 Å². The molecule has 0 saturated carbocycles. The molecule has 1 N–H and O–H groups in total. The van der Waals surface area contributed by atoms with E-state index in [-0.39, 0.29) is 6.10 Å². The van der Waals surface area contributed by atoms with Gasteiger partial charge in [0, 0.05) is 6.54 Å². The Morgan fingerprint density at radius 2 is 2.13 bits per heavy atom. The summed E-state index contributed by atoms with van der Waals surface area (Å²) in [4.78, 5) is 0. The number of nitrogens with one attached hydrogen (secondary N) is 1. The third-order valence-electron chi connectivity index (χ3n) is 1.94. The van der Waals surface area contributed by atoms with E-state index in [4.69, 9.17) is 16.3 Å². The molecule has 0 saturated heterocycles. The Morgan fingerprint density at radius 1 is 1.40 bits per heavy atom. The molecule has 0 aliphatic rings. The summed E-state index contributed by atoms with van der Waals surface area (Å²) in [5.41, 5.74) is 1.18. The molecule has 0 atom stereocenters. The molecule has 3 heteroatoms. The van der Waals surface area contributed by atoms with Crippen LogP contribution in [0.4, 0.5) is 0 Å². The first-order valence-corrected chi connectivity index (χ1v) is 5.67. The third kappa shape index (κ3) is 4.10. The van der Waals surface area contributed by atoms with Crippen LogP contribution in [0.5, 0.6) is 5.75 Å². The molecule has 1 aromatic rings. The fourth-order valence-electron chi connectivity index (χ4n) is 1.27. The van der Waals surface area contributed by atoms with Crippen LogP contribution in [0.1, 0.15) is 26.3 Å². The number of benzene rings is 1. The Bertz CT molecular complexity index is 312. The molecule has 0 fully saturated rings. The van der Waals surface area contributed by atoms with Crippen LogP contribution in [0.2, 0.25) is 5.02 Å². The second-order valence-electron chi connectivity index (χ2n) is 3.71. The standard InChI is InChI=1S/C12H18ClNO/c1-4-14-8-10-5-6-12(11(13)7-10)15-9(2)3/h5-7,9,14H,4,8H2,1-3H3. The molecule has 0 unspecified atom stereocenters. The summed E-state index contributed by atoms with van der Waals surface area (Å²) in [6, 6.07) is 5.91. The largest absolute Gasteiger partial charge is 0.489 e. The summed E-state index contributed by atoms with van der Waals surface area (Å²) in [5, 5.41) is 3.93. The maximum Gasteiger partial charge on any atom is 0.138 e. The van der Waals surface area contributed by atoms with Crippen LogP contribution in [0, 0.1) is 0 Å². The van der Waals surface area contributed by atoms with Crippen LogP contribution in [0.15, 0.2) is 18.2 Å². The minimum absolute atomic E-state index is 0.155. The number of rotatable bonds is 5. The fraction of sp³-hybridized carbons (Fsp3) is 0.500. The van der Waals surface area contributed by atoms with Crippen LogP contribution in [-0.4, -0.2) is 12.6 Å². The smallest absolute Gasteiger partial charge is 0.138 e. The quantitative estimate of drug-likeness (QED) is 0.834. The van der Waals surface area contributed by atoms with Crippen molar-refractivity contribution in [2.24, 2.45) is 0 Å². The first kappa shape index (κ1) is 12.3. The van der Waals surface area contributed by atoms with Gasteiger partial charge in [0.1, 0.15) is 5.75 Å². The molecule has 1 aromatic carbocycles. The van der Waals surface area contributed by atoms with Gasteiger partial charge >= 0.3 is 0 Å². The van der Waals surface area contributed by atoms with Crippen molar-refractivity contribution in [3.05, 3.63) is 28.8 Å². The lowest BCUT2D eigenvalue weighted by Crippen LogP contribution is -2.12. The van der Waals surface area contributed by atoms with Crippen molar-refractivity contribution < 1.29 is 4.74 Å². The van der Waals surface area contributed by atoms with Crippen molar-refractivity contribution in [3.8, 4) is 5.75 Å². The van der Waals surface area contributed by atoms with Gasteiger partial charge in [-0.1, -0.05) is 24.6 Å². The number of hydrogen-bond acceptors (Lipinski definition) is 2. The summed E-state index contributed by atoms with van der Waals surface area (Å²) < 4.78 is 5.55. The van der Waals surface area contributed by atoms with E-state index in [1.807, 2.05) is 32.0 Å². The van der Waals surface area contributed by atoms with E-state index < -0.39 is 0 Å². The van der Waals surface area contributed by atoms with Gasteiger partial charge in [-0.25, -0.2) is 0 Å². The highest BCUT2D eigenvalue weighted by molar-refractivity contribution is 6.32.